The first-order valence-electron chi connectivity index (χ1n) is 6.97. The summed E-state index contributed by atoms with van der Waals surface area (Å²) in [4.78, 5) is 2.54. The second kappa shape index (κ2) is 5.29. The van der Waals surface area contributed by atoms with Crippen LogP contribution in [0, 0.1) is 5.92 Å². The molecule has 2 unspecified atom stereocenters. The molecule has 2 atom stereocenters. The van der Waals surface area contributed by atoms with Crippen molar-refractivity contribution in [3.63, 3.8) is 0 Å². The topological polar surface area (TPSA) is 24.5 Å². The van der Waals surface area contributed by atoms with Gasteiger partial charge in [-0.15, -0.1) is 0 Å². The summed E-state index contributed by atoms with van der Waals surface area (Å²) < 4.78 is 5.49. The molecule has 3 rings (SSSR count). The Kier molecular flexibility index (Phi) is 3.52. The van der Waals surface area contributed by atoms with Crippen LogP contribution in [-0.4, -0.2) is 33.4 Å². The van der Waals surface area contributed by atoms with Crippen molar-refractivity contribution in [2.75, 3.05) is 38.3 Å². The molecule has 1 N–H and O–H groups in total. The van der Waals surface area contributed by atoms with Gasteiger partial charge in [-0.05, 0) is 31.5 Å². The first kappa shape index (κ1) is 12.0. The van der Waals surface area contributed by atoms with Gasteiger partial charge in [0.25, 0.3) is 0 Å². The molecule has 1 aromatic carbocycles. The Labute approximate surface area is 109 Å². The van der Waals surface area contributed by atoms with Crippen molar-refractivity contribution >= 4 is 5.69 Å². The number of benzene rings is 1. The van der Waals surface area contributed by atoms with E-state index in [-0.39, 0.29) is 0 Å². The summed E-state index contributed by atoms with van der Waals surface area (Å²) in [5, 5.41) is 3.42. The van der Waals surface area contributed by atoms with Gasteiger partial charge in [-0.25, -0.2) is 0 Å². The Morgan fingerprint density at radius 1 is 1.33 bits per heavy atom. The predicted octanol–water partition coefficient (Wildman–Crippen LogP) is 2.19. The molecular weight excluding hydrogens is 224 g/mol. The van der Waals surface area contributed by atoms with Gasteiger partial charge < -0.3 is 15.0 Å². The van der Waals surface area contributed by atoms with Crippen molar-refractivity contribution in [2.45, 2.75) is 18.9 Å². The third-order valence-corrected chi connectivity index (χ3v) is 4.19. The van der Waals surface area contributed by atoms with Crippen molar-refractivity contribution < 1.29 is 4.74 Å². The molecule has 1 fully saturated rings. The Morgan fingerprint density at radius 3 is 3.00 bits per heavy atom. The SMILES string of the molecule is CNC1CCN(CC2CCOC2)c2ccccc21. The molecule has 1 aromatic rings. The van der Waals surface area contributed by atoms with Crippen molar-refractivity contribution in [1.29, 1.82) is 0 Å². The van der Waals surface area contributed by atoms with E-state index in [4.69, 9.17) is 4.74 Å². The molecule has 3 heteroatoms. The van der Waals surface area contributed by atoms with Crippen molar-refractivity contribution in [3.05, 3.63) is 29.8 Å². The fourth-order valence-electron chi connectivity index (χ4n) is 3.16. The van der Waals surface area contributed by atoms with Crippen LogP contribution in [0.25, 0.3) is 0 Å². The maximum absolute atomic E-state index is 5.49. The minimum atomic E-state index is 0.511. The minimum Gasteiger partial charge on any atom is -0.381 e. The van der Waals surface area contributed by atoms with Gasteiger partial charge in [0.1, 0.15) is 0 Å². The zero-order valence-corrected chi connectivity index (χ0v) is 11.1. The number of ether oxygens (including phenoxy) is 1. The van der Waals surface area contributed by atoms with E-state index < -0.39 is 0 Å². The lowest BCUT2D eigenvalue weighted by Gasteiger charge is -2.36. The van der Waals surface area contributed by atoms with Crippen LogP contribution >= 0.6 is 0 Å². The molecule has 98 valence electrons. The molecular formula is C15H22N2O. The Balaban J connectivity index is 1.80. The van der Waals surface area contributed by atoms with Gasteiger partial charge in [0.15, 0.2) is 0 Å². The second-order valence-electron chi connectivity index (χ2n) is 5.36. The number of fused-ring (bicyclic) bond motifs is 1. The van der Waals surface area contributed by atoms with E-state index in [0.29, 0.717) is 12.0 Å². The summed E-state index contributed by atoms with van der Waals surface area (Å²) in [5.41, 5.74) is 2.86. The molecule has 2 aliphatic heterocycles. The van der Waals surface area contributed by atoms with Gasteiger partial charge >= 0.3 is 0 Å². The maximum atomic E-state index is 5.49. The first-order valence-corrected chi connectivity index (χ1v) is 6.97. The number of hydrogen-bond acceptors (Lipinski definition) is 3. The lowest BCUT2D eigenvalue weighted by molar-refractivity contribution is 0.186. The molecule has 2 aliphatic rings. The van der Waals surface area contributed by atoms with Crippen molar-refractivity contribution in [1.82, 2.24) is 5.32 Å². The fourth-order valence-corrected chi connectivity index (χ4v) is 3.16. The van der Waals surface area contributed by atoms with Crippen LogP contribution in [0.15, 0.2) is 24.3 Å². The van der Waals surface area contributed by atoms with E-state index in [1.807, 2.05) is 0 Å². The van der Waals surface area contributed by atoms with E-state index in [9.17, 15) is 0 Å². The van der Waals surface area contributed by atoms with E-state index in [1.165, 1.54) is 24.1 Å². The van der Waals surface area contributed by atoms with E-state index in [0.717, 1.165) is 26.3 Å². The quantitative estimate of drug-likeness (QED) is 0.885. The normalized spacial score (nSPS) is 27.3. The van der Waals surface area contributed by atoms with Crippen molar-refractivity contribution in [3.8, 4) is 0 Å². The summed E-state index contributed by atoms with van der Waals surface area (Å²) in [6, 6.07) is 9.32. The van der Waals surface area contributed by atoms with E-state index in [2.05, 4.69) is 41.5 Å². The predicted molar refractivity (Wildman–Crippen MR) is 74.0 cm³/mol. The number of nitrogens with zero attached hydrogens (tertiary/aromatic N) is 1. The lowest BCUT2D eigenvalue weighted by atomic mass is 9.95. The molecule has 18 heavy (non-hydrogen) atoms. The lowest BCUT2D eigenvalue weighted by Crippen LogP contribution is -2.37. The standard InChI is InChI=1S/C15H22N2O/c1-16-14-6-8-17(10-12-7-9-18-11-12)15-5-3-2-4-13(14)15/h2-5,12,14,16H,6-11H2,1H3. The molecule has 2 heterocycles. The van der Waals surface area contributed by atoms with Gasteiger partial charge in [-0.1, -0.05) is 18.2 Å². The van der Waals surface area contributed by atoms with Gasteiger partial charge in [0, 0.05) is 37.3 Å². The highest BCUT2D eigenvalue weighted by molar-refractivity contribution is 5.57. The summed E-state index contributed by atoms with van der Waals surface area (Å²) >= 11 is 0. The van der Waals surface area contributed by atoms with Crippen LogP contribution in [0.4, 0.5) is 5.69 Å². The zero-order chi connectivity index (χ0) is 12.4. The number of nitrogens with one attached hydrogen (secondary N) is 1. The van der Waals surface area contributed by atoms with Gasteiger partial charge in [-0.3, -0.25) is 0 Å². The fraction of sp³-hybridized carbons (Fsp3) is 0.600. The molecule has 0 aromatic heterocycles. The summed E-state index contributed by atoms with van der Waals surface area (Å²) in [6.45, 7) is 4.18. The molecule has 0 bridgehead atoms. The van der Waals surface area contributed by atoms with Crippen LogP contribution in [0.1, 0.15) is 24.4 Å². The van der Waals surface area contributed by atoms with E-state index in [1.54, 1.807) is 0 Å². The minimum absolute atomic E-state index is 0.511. The zero-order valence-electron chi connectivity index (χ0n) is 11.1. The smallest absolute Gasteiger partial charge is 0.0512 e. The summed E-state index contributed by atoms with van der Waals surface area (Å²) in [7, 11) is 2.06. The summed E-state index contributed by atoms with van der Waals surface area (Å²) in [6.07, 6.45) is 2.41. The van der Waals surface area contributed by atoms with Gasteiger partial charge in [-0.2, -0.15) is 0 Å². The molecule has 1 saturated heterocycles. The van der Waals surface area contributed by atoms with E-state index >= 15 is 0 Å². The average molecular weight is 246 g/mol. The molecule has 0 amide bonds. The second-order valence-corrected chi connectivity index (χ2v) is 5.36. The van der Waals surface area contributed by atoms with Crippen LogP contribution in [-0.2, 0) is 4.74 Å². The Bertz CT molecular complexity index is 401. The number of anilines is 1. The highest BCUT2D eigenvalue weighted by Gasteiger charge is 2.26. The Hall–Kier alpha value is -1.06. The van der Waals surface area contributed by atoms with Crippen molar-refractivity contribution in [2.24, 2.45) is 5.92 Å². The third kappa shape index (κ3) is 2.25. The number of para-hydroxylation sites is 1. The monoisotopic (exact) mass is 246 g/mol. The molecule has 0 aliphatic carbocycles. The highest BCUT2D eigenvalue weighted by atomic mass is 16.5. The van der Waals surface area contributed by atoms with Crippen LogP contribution < -0.4 is 10.2 Å². The number of hydrogen-bond donors (Lipinski definition) is 1. The van der Waals surface area contributed by atoms with Crippen LogP contribution in [0.5, 0.6) is 0 Å². The Morgan fingerprint density at radius 2 is 2.22 bits per heavy atom. The highest BCUT2D eigenvalue weighted by Crippen LogP contribution is 2.34. The van der Waals surface area contributed by atoms with Crippen LogP contribution in [0.2, 0.25) is 0 Å². The molecule has 0 saturated carbocycles. The first-order chi connectivity index (χ1) is 8.88. The molecule has 3 nitrogen and oxygen atoms in total. The van der Waals surface area contributed by atoms with Crippen LogP contribution in [0.3, 0.4) is 0 Å². The summed E-state index contributed by atoms with van der Waals surface area (Å²) in [5.74, 6) is 0.712. The maximum Gasteiger partial charge on any atom is 0.0512 e. The van der Waals surface area contributed by atoms with Gasteiger partial charge in [0.05, 0.1) is 6.61 Å². The number of rotatable bonds is 3. The third-order valence-electron chi connectivity index (χ3n) is 4.19. The molecule has 0 radical (unpaired) electrons. The molecule has 0 spiro atoms. The largest absolute Gasteiger partial charge is 0.381 e. The van der Waals surface area contributed by atoms with Gasteiger partial charge in [0.2, 0.25) is 0 Å². The average Bonchev–Trinajstić information content (AvgIpc) is 2.92.